The van der Waals surface area contributed by atoms with Gasteiger partial charge < -0.3 is 19.3 Å². The number of amides is 2. The molecule has 4 aromatic rings. The maximum Gasteiger partial charge on any atom is 0.339 e. The third-order valence-corrected chi connectivity index (χ3v) is 5.73. The molecule has 7 nitrogen and oxygen atoms in total. The number of nitrogens with one attached hydrogen (secondary N) is 2. The van der Waals surface area contributed by atoms with E-state index in [2.05, 4.69) is 29.7 Å². The monoisotopic (exact) mass is 468 g/mol. The number of hydrazone groups is 1. The van der Waals surface area contributed by atoms with Crippen LogP contribution in [0, 0.1) is 0 Å². The van der Waals surface area contributed by atoms with E-state index in [1.54, 1.807) is 14.3 Å². The van der Waals surface area contributed by atoms with E-state index >= 15 is 0 Å². The van der Waals surface area contributed by atoms with Gasteiger partial charge >= 0.3 is 14.1 Å². The smallest absolute Gasteiger partial charge is 0.339 e. The molecule has 1 heterocycles. The Morgan fingerprint density at radius 1 is 1.09 bits per heavy atom. The topological polar surface area (TPSA) is 76.9 Å². The lowest BCUT2D eigenvalue weighted by atomic mass is 9.99. The lowest BCUT2D eigenvalue weighted by Gasteiger charge is -2.17. The van der Waals surface area contributed by atoms with Crippen molar-refractivity contribution < 1.29 is 14.2 Å². The van der Waals surface area contributed by atoms with Crippen LogP contribution in [0.3, 0.4) is 0 Å². The summed E-state index contributed by atoms with van der Waals surface area (Å²) < 4.78 is 13.7. The van der Waals surface area contributed by atoms with Crippen LogP contribution < -0.4 is 20.1 Å². The number of benzene rings is 3. The van der Waals surface area contributed by atoms with Crippen LogP contribution in [0.4, 0.5) is 10.5 Å². The van der Waals surface area contributed by atoms with Crippen molar-refractivity contribution in [3.63, 3.8) is 0 Å². The Kier molecular flexibility index (Phi) is 7.40. The van der Waals surface area contributed by atoms with Crippen LogP contribution in [0.2, 0.25) is 0 Å². The number of hydrogen-bond acceptors (Lipinski definition) is 4. The van der Waals surface area contributed by atoms with Gasteiger partial charge in [-0.3, -0.25) is 0 Å². The Hall–Kier alpha value is -4.20. The van der Waals surface area contributed by atoms with E-state index in [0.717, 1.165) is 33.3 Å². The van der Waals surface area contributed by atoms with Gasteiger partial charge in [-0.15, -0.1) is 0 Å². The van der Waals surface area contributed by atoms with Crippen molar-refractivity contribution in [2.75, 3.05) is 5.32 Å². The lowest BCUT2D eigenvalue weighted by molar-refractivity contribution is 0.252. The average molecular weight is 468 g/mol. The summed E-state index contributed by atoms with van der Waals surface area (Å²) in [6.07, 6.45) is 3.57. The van der Waals surface area contributed by atoms with Crippen LogP contribution in [0.25, 0.3) is 10.9 Å². The number of anilines is 1. The van der Waals surface area contributed by atoms with Crippen molar-refractivity contribution in [3.8, 4) is 11.5 Å². The zero-order chi connectivity index (χ0) is 24.8. The van der Waals surface area contributed by atoms with Gasteiger partial charge in [-0.1, -0.05) is 44.2 Å². The van der Waals surface area contributed by atoms with E-state index in [9.17, 15) is 4.79 Å². The molecule has 0 fully saturated rings. The third-order valence-electron chi connectivity index (χ3n) is 5.73. The zero-order valence-corrected chi connectivity index (χ0v) is 20.4. The summed E-state index contributed by atoms with van der Waals surface area (Å²) in [5, 5.41) is 8.03. The van der Waals surface area contributed by atoms with Crippen LogP contribution in [0.5, 0.6) is 11.5 Å². The van der Waals surface area contributed by atoms with Crippen LogP contribution >= 0.6 is 0 Å². The predicted octanol–water partition coefficient (Wildman–Crippen LogP) is 4.96. The molecule has 0 aliphatic carbocycles. The number of hydrogen-bond donors (Lipinski definition) is 2. The van der Waals surface area contributed by atoms with Crippen molar-refractivity contribution in [2.45, 2.75) is 26.4 Å². The molecule has 0 aliphatic rings. The molecule has 0 saturated carbocycles. The van der Waals surface area contributed by atoms with Gasteiger partial charge in [0, 0.05) is 41.5 Å². The minimum absolute atomic E-state index is 0.240. The van der Waals surface area contributed by atoms with E-state index in [4.69, 9.17) is 9.39 Å². The molecule has 0 bridgehead atoms. The van der Waals surface area contributed by atoms with Crippen molar-refractivity contribution in [3.05, 3.63) is 89.6 Å². The molecule has 4 rings (SSSR count). The maximum atomic E-state index is 12.4. The summed E-state index contributed by atoms with van der Waals surface area (Å²) in [4.78, 5) is 12.4. The van der Waals surface area contributed by atoms with Gasteiger partial charge in [0.25, 0.3) is 0 Å². The number of carbonyl (C=O) groups excluding carboxylic acids is 1. The second-order valence-electron chi connectivity index (χ2n) is 8.59. The molecule has 8 heteroatoms. The number of nitrogens with zero attached hydrogens (tertiary/aromatic N) is 2. The summed E-state index contributed by atoms with van der Waals surface area (Å²) in [5.74, 6) is 1.61. The Balaban J connectivity index is 1.49. The second-order valence-corrected chi connectivity index (χ2v) is 8.59. The van der Waals surface area contributed by atoms with Gasteiger partial charge in [0.2, 0.25) is 0 Å². The normalized spacial score (nSPS) is 11.2. The molecule has 1 aromatic heterocycles. The van der Waals surface area contributed by atoms with Gasteiger partial charge in [-0.25, -0.2) is 10.2 Å². The summed E-state index contributed by atoms with van der Waals surface area (Å²) in [5.41, 5.74) is 7.15. The van der Waals surface area contributed by atoms with E-state index in [1.165, 1.54) is 0 Å². The van der Waals surface area contributed by atoms with Gasteiger partial charge in [-0.05, 0) is 47.4 Å². The van der Waals surface area contributed by atoms with Gasteiger partial charge in [0.1, 0.15) is 18.1 Å². The molecular formula is C27H29BN4O3. The highest BCUT2D eigenvalue weighted by molar-refractivity contribution is 6.00. The Bertz CT molecular complexity index is 1350. The first-order valence-electron chi connectivity index (χ1n) is 11.5. The summed E-state index contributed by atoms with van der Waals surface area (Å²) in [6, 6.07) is 21.1. The zero-order valence-electron chi connectivity index (χ0n) is 20.4. The molecule has 0 unspecified atom stereocenters. The molecule has 2 amide bonds. The number of fused-ring (bicyclic) bond motifs is 1. The highest BCUT2D eigenvalue weighted by atomic mass is 16.5. The van der Waals surface area contributed by atoms with E-state index in [-0.39, 0.29) is 5.92 Å². The standard InChI is InChI=1S/C27H29BN4O3/c1-18(2)23-14-21(25(15-26(23)35-28)34-17-19-7-5-4-6-8-19)16-29-31-27(33)30-22-9-10-24-20(13-22)11-12-32(24)3/h4-16,18H,17,28H2,1-3H3,(H2,30,31,33)/b29-16+. The number of rotatable bonds is 8. The van der Waals surface area contributed by atoms with Crippen molar-refractivity contribution in [2.24, 2.45) is 12.1 Å². The van der Waals surface area contributed by atoms with Gasteiger partial charge in [0.05, 0.1) is 6.21 Å². The third kappa shape index (κ3) is 5.84. The summed E-state index contributed by atoms with van der Waals surface area (Å²) >= 11 is 0. The van der Waals surface area contributed by atoms with Crippen molar-refractivity contribution in [1.82, 2.24) is 9.99 Å². The Morgan fingerprint density at radius 3 is 2.63 bits per heavy atom. The molecule has 178 valence electrons. The second kappa shape index (κ2) is 10.8. The predicted molar refractivity (Wildman–Crippen MR) is 143 cm³/mol. The molecule has 0 saturated heterocycles. The Morgan fingerprint density at radius 2 is 1.89 bits per heavy atom. The highest BCUT2D eigenvalue weighted by Crippen LogP contribution is 2.33. The first-order valence-corrected chi connectivity index (χ1v) is 11.5. The van der Waals surface area contributed by atoms with Crippen LogP contribution in [-0.4, -0.2) is 24.9 Å². The van der Waals surface area contributed by atoms with E-state index in [0.29, 0.717) is 18.0 Å². The molecular weight excluding hydrogens is 439 g/mol. The number of aryl methyl sites for hydroxylation is 1. The lowest BCUT2D eigenvalue weighted by Crippen LogP contribution is -2.24. The summed E-state index contributed by atoms with van der Waals surface area (Å²) in [7, 11) is 3.63. The maximum absolute atomic E-state index is 12.4. The highest BCUT2D eigenvalue weighted by Gasteiger charge is 2.13. The number of carbonyl (C=O) groups is 1. The first kappa shape index (κ1) is 23.9. The van der Waals surface area contributed by atoms with E-state index in [1.807, 2.05) is 84.5 Å². The number of aromatic nitrogens is 1. The SMILES string of the molecule is BOc1cc(OCc2ccccc2)c(/C=N/NC(=O)Nc2ccc3c(ccn3C)c2)cc1C(C)C. The number of ether oxygens (including phenoxy) is 1. The Labute approximate surface area is 206 Å². The quantitative estimate of drug-likeness (QED) is 0.218. The molecule has 0 atom stereocenters. The largest absolute Gasteiger partial charge is 0.568 e. The molecule has 2 N–H and O–H groups in total. The fourth-order valence-corrected chi connectivity index (χ4v) is 3.86. The van der Waals surface area contributed by atoms with Crippen molar-refractivity contribution in [1.29, 1.82) is 0 Å². The minimum Gasteiger partial charge on any atom is -0.568 e. The minimum atomic E-state index is -0.430. The van der Waals surface area contributed by atoms with Crippen LogP contribution in [0.1, 0.15) is 36.5 Å². The molecule has 0 aliphatic heterocycles. The molecule has 0 radical (unpaired) electrons. The first-order chi connectivity index (χ1) is 16.9. The van der Waals surface area contributed by atoms with E-state index < -0.39 is 6.03 Å². The summed E-state index contributed by atoms with van der Waals surface area (Å²) in [6.45, 7) is 4.60. The average Bonchev–Trinajstić information content (AvgIpc) is 3.23. The van der Waals surface area contributed by atoms with Crippen molar-refractivity contribution >= 4 is 36.9 Å². The molecule has 0 spiro atoms. The molecule has 35 heavy (non-hydrogen) atoms. The fourth-order valence-electron chi connectivity index (χ4n) is 3.86. The number of urea groups is 1. The fraction of sp³-hybridized carbons (Fsp3) is 0.185. The van der Waals surface area contributed by atoms with Crippen LogP contribution in [-0.2, 0) is 13.7 Å². The van der Waals surface area contributed by atoms with Gasteiger partial charge in [-0.2, -0.15) is 5.10 Å². The molecule has 3 aromatic carbocycles. The van der Waals surface area contributed by atoms with Gasteiger partial charge in [0.15, 0.2) is 0 Å². The van der Waals surface area contributed by atoms with Crippen LogP contribution in [0.15, 0.2) is 78.0 Å².